The van der Waals surface area contributed by atoms with Gasteiger partial charge in [-0.2, -0.15) is 0 Å². The Kier molecular flexibility index (Phi) is 4.27. The summed E-state index contributed by atoms with van der Waals surface area (Å²) in [7, 11) is 2.12. The molecular weight excluding hydrogens is 236 g/mol. The maximum atomic E-state index is 6.03. The van der Waals surface area contributed by atoms with Gasteiger partial charge in [0.2, 0.25) is 0 Å². The Morgan fingerprint density at radius 1 is 1.26 bits per heavy atom. The Morgan fingerprint density at radius 3 is 2.47 bits per heavy atom. The average molecular weight is 262 g/mol. The number of hydrogen-bond acceptors (Lipinski definition) is 4. The van der Waals surface area contributed by atoms with Crippen molar-refractivity contribution in [3.63, 3.8) is 0 Å². The third-order valence-electron chi connectivity index (χ3n) is 4.06. The van der Waals surface area contributed by atoms with Crippen LogP contribution >= 0.6 is 0 Å². The lowest BCUT2D eigenvalue weighted by Gasteiger charge is -2.25. The van der Waals surface area contributed by atoms with Gasteiger partial charge < -0.3 is 10.6 Å². The van der Waals surface area contributed by atoms with E-state index in [2.05, 4.69) is 30.8 Å². The van der Waals surface area contributed by atoms with Gasteiger partial charge in [-0.25, -0.2) is 9.97 Å². The first-order chi connectivity index (χ1) is 8.99. The van der Waals surface area contributed by atoms with Crippen LogP contribution in [0.4, 0.5) is 11.6 Å². The quantitative estimate of drug-likeness (QED) is 0.905. The first-order valence-corrected chi connectivity index (χ1v) is 7.34. The highest BCUT2D eigenvalue weighted by Gasteiger charge is 2.20. The van der Waals surface area contributed by atoms with Crippen molar-refractivity contribution in [3.05, 3.63) is 11.4 Å². The van der Waals surface area contributed by atoms with Crippen LogP contribution in [0.3, 0.4) is 0 Å². The second-order valence-corrected chi connectivity index (χ2v) is 6.10. The molecule has 1 saturated carbocycles. The van der Waals surface area contributed by atoms with E-state index in [0.29, 0.717) is 11.7 Å². The Labute approximate surface area is 116 Å². The van der Waals surface area contributed by atoms with Crippen molar-refractivity contribution in [1.82, 2.24) is 9.97 Å². The van der Waals surface area contributed by atoms with Gasteiger partial charge in [0.25, 0.3) is 0 Å². The van der Waals surface area contributed by atoms with Gasteiger partial charge >= 0.3 is 0 Å². The molecule has 1 fully saturated rings. The van der Waals surface area contributed by atoms with Crippen molar-refractivity contribution >= 4 is 11.6 Å². The molecule has 0 bridgehead atoms. The molecule has 106 valence electrons. The van der Waals surface area contributed by atoms with E-state index < -0.39 is 0 Å². The summed E-state index contributed by atoms with van der Waals surface area (Å²) in [5.74, 6) is 3.58. The molecule has 0 aromatic carbocycles. The normalized spacial score (nSPS) is 16.3. The minimum atomic E-state index is 0.307. The van der Waals surface area contributed by atoms with Crippen LogP contribution in [0.5, 0.6) is 0 Å². The predicted octanol–water partition coefficient (Wildman–Crippen LogP) is 3.12. The van der Waals surface area contributed by atoms with E-state index in [1.165, 1.54) is 25.7 Å². The fraction of sp³-hybridized carbons (Fsp3) is 0.733. The average Bonchev–Trinajstić information content (AvgIpc) is 2.84. The van der Waals surface area contributed by atoms with Crippen LogP contribution in [0.2, 0.25) is 0 Å². The largest absolute Gasteiger partial charge is 0.383 e. The van der Waals surface area contributed by atoms with Gasteiger partial charge in [-0.3, -0.25) is 0 Å². The molecule has 1 aliphatic rings. The third kappa shape index (κ3) is 3.17. The van der Waals surface area contributed by atoms with Gasteiger partial charge in [0.1, 0.15) is 17.5 Å². The van der Waals surface area contributed by atoms with Gasteiger partial charge in [-0.05, 0) is 25.7 Å². The summed E-state index contributed by atoms with van der Waals surface area (Å²) in [5, 5.41) is 0. The Morgan fingerprint density at radius 2 is 1.89 bits per heavy atom. The third-order valence-corrected chi connectivity index (χ3v) is 4.06. The lowest BCUT2D eigenvalue weighted by Crippen LogP contribution is -2.26. The Balaban J connectivity index is 2.21. The molecule has 0 unspecified atom stereocenters. The minimum absolute atomic E-state index is 0.307. The summed E-state index contributed by atoms with van der Waals surface area (Å²) in [6.07, 6.45) is 5.45. The summed E-state index contributed by atoms with van der Waals surface area (Å²) in [6, 6.07) is 0. The molecule has 1 aromatic rings. The Bertz CT molecular complexity index is 436. The number of anilines is 2. The van der Waals surface area contributed by atoms with Gasteiger partial charge in [0, 0.05) is 25.1 Å². The molecule has 0 aliphatic heterocycles. The number of nitrogen functional groups attached to an aromatic ring is 1. The molecule has 2 N–H and O–H groups in total. The molecule has 1 heterocycles. The molecule has 0 saturated heterocycles. The van der Waals surface area contributed by atoms with Crippen LogP contribution in [-0.4, -0.2) is 23.6 Å². The van der Waals surface area contributed by atoms with Crippen LogP contribution in [0.15, 0.2) is 0 Å². The van der Waals surface area contributed by atoms with E-state index in [1.807, 2.05) is 6.92 Å². The molecular formula is C15H26N4. The summed E-state index contributed by atoms with van der Waals surface area (Å²) >= 11 is 0. The molecule has 1 aromatic heterocycles. The standard InChI is InChI=1S/C15H26N4/c1-10(2)14-17-13(16)11(3)15(18-14)19(4)9-12-7-5-6-8-12/h10,12H,5-9H2,1-4H3,(H2,16,17,18). The van der Waals surface area contributed by atoms with Crippen molar-refractivity contribution in [2.24, 2.45) is 5.92 Å². The number of hydrogen-bond donors (Lipinski definition) is 1. The van der Waals surface area contributed by atoms with Crippen LogP contribution in [0, 0.1) is 12.8 Å². The number of nitrogens with zero attached hydrogens (tertiary/aromatic N) is 3. The van der Waals surface area contributed by atoms with E-state index in [-0.39, 0.29) is 0 Å². The van der Waals surface area contributed by atoms with Crippen molar-refractivity contribution in [2.75, 3.05) is 24.2 Å². The molecule has 4 nitrogen and oxygen atoms in total. The highest BCUT2D eigenvalue weighted by Crippen LogP contribution is 2.29. The van der Waals surface area contributed by atoms with Crippen LogP contribution in [0.25, 0.3) is 0 Å². The smallest absolute Gasteiger partial charge is 0.137 e. The first-order valence-electron chi connectivity index (χ1n) is 7.34. The van der Waals surface area contributed by atoms with E-state index in [0.717, 1.165) is 29.7 Å². The van der Waals surface area contributed by atoms with Crippen molar-refractivity contribution in [3.8, 4) is 0 Å². The second kappa shape index (κ2) is 5.76. The zero-order chi connectivity index (χ0) is 14.0. The van der Waals surface area contributed by atoms with E-state index in [1.54, 1.807) is 0 Å². The fourth-order valence-corrected chi connectivity index (χ4v) is 2.84. The van der Waals surface area contributed by atoms with Crippen molar-refractivity contribution < 1.29 is 0 Å². The van der Waals surface area contributed by atoms with Gasteiger partial charge in [0.05, 0.1) is 0 Å². The van der Waals surface area contributed by atoms with Crippen molar-refractivity contribution in [1.29, 1.82) is 0 Å². The number of nitrogens with two attached hydrogens (primary N) is 1. The topological polar surface area (TPSA) is 55.0 Å². The summed E-state index contributed by atoms with van der Waals surface area (Å²) in [4.78, 5) is 11.4. The highest BCUT2D eigenvalue weighted by atomic mass is 15.2. The molecule has 4 heteroatoms. The van der Waals surface area contributed by atoms with Gasteiger partial charge in [-0.15, -0.1) is 0 Å². The summed E-state index contributed by atoms with van der Waals surface area (Å²) in [6.45, 7) is 7.30. The van der Waals surface area contributed by atoms with E-state index in [9.17, 15) is 0 Å². The monoisotopic (exact) mass is 262 g/mol. The fourth-order valence-electron chi connectivity index (χ4n) is 2.84. The van der Waals surface area contributed by atoms with Crippen LogP contribution < -0.4 is 10.6 Å². The number of rotatable bonds is 4. The molecule has 0 amide bonds. The molecule has 1 aliphatic carbocycles. The lowest BCUT2D eigenvalue weighted by atomic mass is 10.1. The second-order valence-electron chi connectivity index (χ2n) is 6.10. The zero-order valence-electron chi connectivity index (χ0n) is 12.6. The molecule has 0 radical (unpaired) electrons. The highest BCUT2D eigenvalue weighted by molar-refractivity contribution is 5.56. The lowest BCUT2D eigenvalue weighted by molar-refractivity contribution is 0.543. The molecule has 0 spiro atoms. The van der Waals surface area contributed by atoms with E-state index >= 15 is 0 Å². The number of aromatic nitrogens is 2. The minimum Gasteiger partial charge on any atom is -0.383 e. The van der Waals surface area contributed by atoms with Crippen LogP contribution in [-0.2, 0) is 0 Å². The summed E-state index contributed by atoms with van der Waals surface area (Å²) in [5.41, 5.74) is 7.03. The maximum Gasteiger partial charge on any atom is 0.137 e. The summed E-state index contributed by atoms with van der Waals surface area (Å²) < 4.78 is 0. The van der Waals surface area contributed by atoms with E-state index in [4.69, 9.17) is 10.7 Å². The van der Waals surface area contributed by atoms with Gasteiger partial charge in [-0.1, -0.05) is 26.7 Å². The molecule has 0 atom stereocenters. The molecule has 2 rings (SSSR count). The SMILES string of the molecule is Cc1c(N)nc(C(C)C)nc1N(C)CC1CCCC1. The zero-order valence-corrected chi connectivity index (χ0v) is 12.6. The predicted molar refractivity (Wildman–Crippen MR) is 80.5 cm³/mol. The first kappa shape index (κ1) is 14.1. The van der Waals surface area contributed by atoms with Crippen molar-refractivity contribution in [2.45, 2.75) is 52.4 Å². The molecule has 19 heavy (non-hydrogen) atoms. The Hall–Kier alpha value is -1.32. The maximum absolute atomic E-state index is 6.03. The van der Waals surface area contributed by atoms with Gasteiger partial charge in [0.15, 0.2) is 0 Å². The van der Waals surface area contributed by atoms with Crippen LogP contribution in [0.1, 0.15) is 56.8 Å².